The van der Waals surface area contributed by atoms with Gasteiger partial charge in [0.05, 0.1) is 16.3 Å². The van der Waals surface area contributed by atoms with Gasteiger partial charge in [0.1, 0.15) is 0 Å². The van der Waals surface area contributed by atoms with Gasteiger partial charge in [-0.05, 0) is 25.1 Å². The number of imidazole rings is 1. The SMILES string of the molecule is CC(Sc1nc2cc(F)c(F)cc2[nH]1)C(=O)Nc1cccc(Cl)c1. The standard InChI is InChI=1S/C16H12ClF2N3OS/c1-8(15(23)20-10-4-2-3-9(17)5-10)24-16-21-13-6-11(18)12(19)7-14(13)22-16/h2-8H,1H3,(H,20,23)(H,21,22). The van der Waals surface area contributed by atoms with Crippen molar-refractivity contribution in [3.8, 4) is 0 Å². The lowest BCUT2D eigenvalue weighted by Crippen LogP contribution is -2.22. The Bertz CT molecular complexity index is 876. The minimum Gasteiger partial charge on any atom is -0.333 e. The number of thioether (sulfide) groups is 1. The first kappa shape index (κ1) is 16.7. The average molecular weight is 368 g/mol. The molecule has 24 heavy (non-hydrogen) atoms. The van der Waals surface area contributed by atoms with Gasteiger partial charge in [-0.25, -0.2) is 13.8 Å². The zero-order valence-corrected chi connectivity index (χ0v) is 14.0. The van der Waals surface area contributed by atoms with E-state index in [0.717, 1.165) is 23.9 Å². The van der Waals surface area contributed by atoms with Gasteiger partial charge in [0.15, 0.2) is 16.8 Å². The lowest BCUT2D eigenvalue weighted by atomic mass is 10.3. The highest BCUT2D eigenvalue weighted by Crippen LogP contribution is 2.26. The first-order valence-corrected chi connectivity index (χ1v) is 8.26. The van der Waals surface area contributed by atoms with Gasteiger partial charge in [0.2, 0.25) is 5.91 Å². The molecule has 0 aliphatic heterocycles. The van der Waals surface area contributed by atoms with Gasteiger partial charge < -0.3 is 10.3 Å². The Labute approximate surface area is 145 Å². The van der Waals surface area contributed by atoms with E-state index >= 15 is 0 Å². The maximum absolute atomic E-state index is 13.2. The van der Waals surface area contributed by atoms with Crippen molar-refractivity contribution in [1.82, 2.24) is 9.97 Å². The number of nitrogens with one attached hydrogen (secondary N) is 2. The maximum atomic E-state index is 13.2. The number of fused-ring (bicyclic) bond motifs is 1. The normalized spacial score (nSPS) is 12.3. The van der Waals surface area contributed by atoms with E-state index in [4.69, 9.17) is 11.6 Å². The molecule has 2 aromatic carbocycles. The second kappa shape index (κ2) is 6.78. The summed E-state index contributed by atoms with van der Waals surface area (Å²) in [5.74, 6) is -2.15. The fourth-order valence-corrected chi connectivity index (χ4v) is 3.08. The van der Waals surface area contributed by atoms with Crippen molar-refractivity contribution in [2.75, 3.05) is 5.32 Å². The Morgan fingerprint density at radius 3 is 2.79 bits per heavy atom. The molecule has 0 saturated heterocycles. The van der Waals surface area contributed by atoms with Crippen molar-refractivity contribution >= 4 is 46.0 Å². The Morgan fingerprint density at radius 1 is 1.29 bits per heavy atom. The lowest BCUT2D eigenvalue weighted by Gasteiger charge is -2.10. The third-order valence-corrected chi connectivity index (χ3v) is 4.47. The number of hydrogen-bond donors (Lipinski definition) is 2. The predicted octanol–water partition coefficient (Wildman–Crippen LogP) is 4.61. The summed E-state index contributed by atoms with van der Waals surface area (Å²) >= 11 is 7.03. The predicted molar refractivity (Wildman–Crippen MR) is 91.4 cm³/mol. The van der Waals surface area contributed by atoms with Crippen molar-refractivity contribution in [2.45, 2.75) is 17.3 Å². The molecule has 3 rings (SSSR count). The molecule has 1 aromatic heterocycles. The molecule has 124 valence electrons. The molecular formula is C16H12ClF2N3OS. The Hall–Kier alpha value is -2.12. The van der Waals surface area contributed by atoms with E-state index in [1.54, 1.807) is 31.2 Å². The number of rotatable bonds is 4. The van der Waals surface area contributed by atoms with Crippen LogP contribution in [0.4, 0.5) is 14.5 Å². The number of H-pyrrole nitrogens is 1. The van der Waals surface area contributed by atoms with Crippen LogP contribution >= 0.6 is 23.4 Å². The molecule has 0 bridgehead atoms. The van der Waals surface area contributed by atoms with Gasteiger partial charge in [-0.1, -0.05) is 29.4 Å². The zero-order valence-electron chi connectivity index (χ0n) is 12.4. The highest BCUT2D eigenvalue weighted by molar-refractivity contribution is 8.00. The Morgan fingerprint density at radius 2 is 2.04 bits per heavy atom. The second-order valence-electron chi connectivity index (χ2n) is 5.09. The summed E-state index contributed by atoms with van der Waals surface area (Å²) < 4.78 is 26.4. The molecule has 1 atom stereocenters. The highest BCUT2D eigenvalue weighted by Gasteiger charge is 2.17. The number of aromatic amines is 1. The van der Waals surface area contributed by atoms with Crippen LogP contribution in [-0.2, 0) is 4.79 Å². The topological polar surface area (TPSA) is 57.8 Å². The summed E-state index contributed by atoms with van der Waals surface area (Å²) in [6.07, 6.45) is 0. The quantitative estimate of drug-likeness (QED) is 0.662. The van der Waals surface area contributed by atoms with Crippen molar-refractivity contribution < 1.29 is 13.6 Å². The van der Waals surface area contributed by atoms with Gasteiger partial charge >= 0.3 is 0 Å². The monoisotopic (exact) mass is 367 g/mol. The molecule has 2 N–H and O–H groups in total. The molecule has 4 nitrogen and oxygen atoms in total. The van der Waals surface area contributed by atoms with E-state index in [2.05, 4.69) is 15.3 Å². The van der Waals surface area contributed by atoms with Gasteiger partial charge in [-0.2, -0.15) is 0 Å². The minimum atomic E-state index is -0.961. The van der Waals surface area contributed by atoms with Gasteiger partial charge in [0.25, 0.3) is 0 Å². The van der Waals surface area contributed by atoms with E-state index in [0.29, 0.717) is 26.9 Å². The summed E-state index contributed by atoms with van der Waals surface area (Å²) in [7, 11) is 0. The third kappa shape index (κ3) is 3.68. The van der Waals surface area contributed by atoms with Gasteiger partial charge in [-0.15, -0.1) is 0 Å². The van der Waals surface area contributed by atoms with E-state index in [1.807, 2.05) is 0 Å². The molecule has 1 heterocycles. The molecule has 1 amide bonds. The largest absolute Gasteiger partial charge is 0.333 e. The van der Waals surface area contributed by atoms with Crippen molar-refractivity contribution in [1.29, 1.82) is 0 Å². The Kier molecular flexibility index (Phi) is 4.73. The fourth-order valence-electron chi connectivity index (χ4n) is 2.07. The van der Waals surface area contributed by atoms with E-state index in [1.165, 1.54) is 0 Å². The van der Waals surface area contributed by atoms with Crippen LogP contribution in [0, 0.1) is 11.6 Å². The molecule has 0 aliphatic rings. The number of carbonyl (C=O) groups is 1. The molecule has 1 unspecified atom stereocenters. The fraction of sp³-hybridized carbons (Fsp3) is 0.125. The average Bonchev–Trinajstić information content (AvgIpc) is 2.88. The summed E-state index contributed by atoms with van der Waals surface area (Å²) in [4.78, 5) is 19.2. The van der Waals surface area contributed by atoms with Crippen LogP contribution in [0.5, 0.6) is 0 Å². The van der Waals surface area contributed by atoms with E-state index < -0.39 is 16.9 Å². The number of aromatic nitrogens is 2. The van der Waals surface area contributed by atoms with Gasteiger partial charge in [-0.3, -0.25) is 4.79 Å². The summed E-state index contributed by atoms with van der Waals surface area (Å²) in [5.41, 5.74) is 1.27. The number of benzene rings is 2. The number of amides is 1. The summed E-state index contributed by atoms with van der Waals surface area (Å²) in [6, 6.07) is 8.87. The summed E-state index contributed by atoms with van der Waals surface area (Å²) in [6.45, 7) is 1.71. The van der Waals surface area contributed by atoms with Crippen molar-refractivity contribution in [2.24, 2.45) is 0 Å². The van der Waals surface area contributed by atoms with E-state index in [9.17, 15) is 13.6 Å². The number of hydrogen-bond acceptors (Lipinski definition) is 3. The smallest absolute Gasteiger partial charge is 0.237 e. The molecular weight excluding hydrogens is 356 g/mol. The van der Waals surface area contributed by atoms with Crippen LogP contribution in [0.15, 0.2) is 41.6 Å². The second-order valence-corrected chi connectivity index (χ2v) is 6.85. The molecule has 0 fully saturated rings. The number of carbonyl (C=O) groups excluding carboxylic acids is 1. The highest BCUT2D eigenvalue weighted by atomic mass is 35.5. The third-order valence-electron chi connectivity index (χ3n) is 3.25. The Balaban J connectivity index is 1.72. The molecule has 0 aliphatic carbocycles. The molecule has 0 spiro atoms. The number of halogens is 3. The molecule has 8 heteroatoms. The first-order chi connectivity index (χ1) is 11.4. The van der Waals surface area contributed by atoms with Crippen LogP contribution in [0.3, 0.4) is 0 Å². The van der Waals surface area contributed by atoms with E-state index in [-0.39, 0.29) is 5.91 Å². The minimum absolute atomic E-state index is 0.236. The first-order valence-electron chi connectivity index (χ1n) is 7.00. The van der Waals surface area contributed by atoms with Crippen LogP contribution in [0.2, 0.25) is 5.02 Å². The van der Waals surface area contributed by atoms with Crippen molar-refractivity contribution in [3.05, 3.63) is 53.1 Å². The van der Waals surface area contributed by atoms with Crippen LogP contribution in [-0.4, -0.2) is 21.1 Å². The number of nitrogens with zero attached hydrogens (tertiary/aromatic N) is 1. The zero-order chi connectivity index (χ0) is 17.3. The molecule has 3 aromatic rings. The van der Waals surface area contributed by atoms with Crippen LogP contribution in [0.25, 0.3) is 11.0 Å². The maximum Gasteiger partial charge on any atom is 0.237 e. The summed E-state index contributed by atoms with van der Waals surface area (Å²) in [5, 5.41) is 3.20. The number of anilines is 1. The van der Waals surface area contributed by atoms with Gasteiger partial charge in [0, 0.05) is 22.8 Å². The van der Waals surface area contributed by atoms with Crippen molar-refractivity contribution in [3.63, 3.8) is 0 Å². The molecule has 0 saturated carbocycles. The molecule has 0 radical (unpaired) electrons. The van der Waals surface area contributed by atoms with Crippen LogP contribution in [0.1, 0.15) is 6.92 Å². The lowest BCUT2D eigenvalue weighted by molar-refractivity contribution is -0.115. The van der Waals surface area contributed by atoms with Crippen LogP contribution < -0.4 is 5.32 Å².